The Morgan fingerprint density at radius 2 is 2.03 bits per heavy atom. The van der Waals surface area contributed by atoms with Crippen LogP contribution in [0.2, 0.25) is 0 Å². The summed E-state index contributed by atoms with van der Waals surface area (Å²) in [5.74, 6) is -0.681. The van der Waals surface area contributed by atoms with Gasteiger partial charge in [0.05, 0.1) is 16.1 Å². The van der Waals surface area contributed by atoms with E-state index in [4.69, 9.17) is 0 Å². The van der Waals surface area contributed by atoms with Crippen LogP contribution in [-0.2, 0) is 19.0 Å². The summed E-state index contributed by atoms with van der Waals surface area (Å²) in [6.45, 7) is 0. The molecule has 5 rings (SSSR count). The number of carbonyl (C=O) groups excluding carboxylic acids is 1. The number of aryl methyl sites for hydroxylation is 1. The van der Waals surface area contributed by atoms with E-state index in [1.165, 1.54) is 28.7 Å². The third kappa shape index (κ3) is 4.00. The SMILES string of the molecule is N#Cc1c(NC(=O)c2cc3nc(-c4cccs4)cc(C(F)(F)F)n3n2)sc2c1CCCCC2. The van der Waals surface area contributed by atoms with Crippen LogP contribution in [0.3, 0.4) is 0 Å². The van der Waals surface area contributed by atoms with Crippen molar-refractivity contribution in [3.8, 4) is 16.6 Å². The number of alkyl halides is 3. The van der Waals surface area contributed by atoms with Gasteiger partial charge in [-0.25, -0.2) is 9.50 Å². The molecule has 0 saturated carbocycles. The predicted octanol–water partition coefficient (Wildman–Crippen LogP) is 5.93. The molecule has 11 heteroatoms. The van der Waals surface area contributed by atoms with E-state index in [1.54, 1.807) is 17.5 Å². The van der Waals surface area contributed by atoms with Crippen LogP contribution in [0, 0.1) is 11.3 Å². The van der Waals surface area contributed by atoms with Crippen LogP contribution in [0.1, 0.15) is 51.4 Å². The summed E-state index contributed by atoms with van der Waals surface area (Å²) in [6, 6.07) is 7.74. The predicted molar refractivity (Wildman–Crippen MR) is 120 cm³/mol. The fraction of sp³-hybridized carbons (Fsp3) is 0.273. The number of carbonyl (C=O) groups is 1. The molecular weight excluding hydrogens is 471 g/mol. The highest BCUT2D eigenvalue weighted by Gasteiger charge is 2.36. The first-order chi connectivity index (χ1) is 15.8. The van der Waals surface area contributed by atoms with Crippen molar-refractivity contribution in [3.63, 3.8) is 0 Å². The Balaban J connectivity index is 1.53. The number of rotatable bonds is 3. The number of hydrogen-bond donors (Lipinski definition) is 1. The highest BCUT2D eigenvalue weighted by Crippen LogP contribution is 2.37. The van der Waals surface area contributed by atoms with E-state index in [-0.39, 0.29) is 17.0 Å². The van der Waals surface area contributed by atoms with Crippen LogP contribution in [-0.4, -0.2) is 20.5 Å². The standard InChI is InChI=1S/C22H16F3N5OS2/c23-22(24,25)18-9-14(17-7-4-8-32-17)27-19-10-15(29-30(18)19)20(31)28-21-13(11-26)12-5-2-1-3-6-16(12)33-21/h4,7-10H,1-3,5-6H2,(H,28,31). The number of nitriles is 1. The van der Waals surface area contributed by atoms with Crippen molar-refractivity contribution in [2.24, 2.45) is 0 Å². The molecule has 0 unspecified atom stereocenters. The summed E-state index contributed by atoms with van der Waals surface area (Å²) >= 11 is 2.62. The quantitative estimate of drug-likeness (QED) is 0.363. The van der Waals surface area contributed by atoms with Gasteiger partial charge in [0.25, 0.3) is 5.91 Å². The monoisotopic (exact) mass is 487 g/mol. The van der Waals surface area contributed by atoms with Crippen LogP contribution in [0.4, 0.5) is 18.2 Å². The number of amides is 1. The van der Waals surface area contributed by atoms with E-state index in [9.17, 15) is 23.2 Å². The van der Waals surface area contributed by atoms with E-state index < -0.39 is 17.8 Å². The zero-order valence-corrected chi connectivity index (χ0v) is 18.7. The highest BCUT2D eigenvalue weighted by molar-refractivity contribution is 7.16. The number of aromatic nitrogens is 3. The van der Waals surface area contributed by atoms with Gasteiger partial charge in [-0.1, -0.05) is 12.5 Å². The van der Waals surface area contributed by atoms with Gasteiger partial charge in [0, 0.05) is 10.9 Å². The van der Waals surface area contributed by atoms with Gasteiger partial charge in [-0.2, -0.15) is 23.5 Å². The molecule has 4 aromatic rings. The maximum absolute atomic E-state index is 13.7. The van der Waals surface area contributed by atoms with Gasteiger partial charge in [0.1, 0.15) is 11.1 Å². The summed E-state index contributed by atoms with van der Waals surface area (Å²) < 4.78 is 41.9. The lowest BCUT2D eigenvalue weighted by Gasteiger charge is -2.10. The number of hydrogen-bond acceptors (Lipinski definition) is 6. The summed E-state index contributed by atoms with van der Waals surface area (Å²) in [5, 5.41) is 18.4. The first-order valence-electron chi connectivity index (χ1n) is 10.2. The van der Waals surface area contributed by atoms with Crippen LogP contribution in [0.15, 0.2) is 29.6 Å². The molecule has 1 N–H and O–H groups in total. The summed E-state index contributed by atoms with van der Waals surface area (Å²) in [4.78, 5) is 18.8. The second kappa shape index (κ2) is 8.28. The van der Waals surface area contributed by atoms with Gasteiger partial charge in [0.15, 0.2) is 17.0 Å². The van der Waals surface area contributed by atoms with E-state index in [0.29, 0.717) is 20.0 Å². The first-order valence-corrected chi connectivity index (χ1v) is 11.9. The summed E-state index contributed by atoms with van der Waals surface area (Å²) in [6.07, 6.45) is 0.0451. The fourth-order valence-electron chi connectivity index (χ4n) is 3.95. The van der Waals surface area contributed by atoms with Crippen LogP contribution < -0.4 is 5.32 Å². The normalized spacial score (nSPS) is 14.0. The Bertz CT molecular complexity index is 1400. The molecule has 0 aliphatic heterocycles. The Hall–Kier alpha value is -3.23. The van der Waals surface area contributed by atoms with Crippen molar-refractivity contribution in [2.75, 3.05) is 5.32 Å². The highest BCUT2D eigenvalue weighted by atomic mass is 32.1. The van der Waals surface area contributed by atoms with Crippen molar-refractivity contribution < 1.29 is 18.0 Å². The molecule has 6 nitrogen and oxygen atoms in total. The number of nitrogens with one attached hydrogen (secondary N) is 1. The molecular formula is C22H16F3N5OS2. The van der Waals surface area contributed by atoms with Crippen LogP contribution in [0.25, 0.3) is 16.2 Å². The van der Waals surface area contributed by atoms with Gasteiger partial charge >= 0.3 is 6.18 Å². The molecule has 4 heterocycles. The van der Waals surface area contributed by atoms with Crippen molar-refractivity contribution in [1.29, 1.82) is 5.26 Å². The Labute approximate surface area is 194 Å². The maximum Gasteiger partial charge on any atom is 0.433 e. The van der Waals surface area contributed by atoms with E-state index in [2.05, 4.69) is 21.5 Å². The van der Waals surface area contributed by atoms with Gasteiger partial charge in [-0.15, -0.1) is 22.7 Å². The van der Waals surface area contributed by atoms with Crippen LogP contribution in [0.5, 0.6) is 0 Å². The average molecular weight is 488 g/mol. The van der Waals surface area contributed by atoms with E-state index in [0.717, 1.165) is 48.6 Å². The topological polar surface area (TPSA) is 83.1 Å². The lowest BCUT2D eigenvalue weighted by atomic mass is 10.1. The summed E-state index contributed by atoms with van der Waals surface area (Å²) in [5.41, 5.74) is 0.251. The smallest absolute Gasteiger partial charge is 0.311 e. The zero-order chi connectivity index (χ0) is 23.2. The minimum Gasteiger partial charge on any atom is -0.311 e. The largest absolute Gasteiger partial charge is 0.433 e. The van der Waals surface area contributed by atoms with Crippen molar-refractivity contribution in [2.45, 2.75) is 38.3 Å². The average Bonchev–Trinajstić information content (AvgIpc) is 3.48. The minimum absolute atomic E-state index is 0.0826. The number of nitrogens with zero attached hydrogens (tertiary/aromatic N) is 4. The van der Waals surface area contributed by atoms with E-state index >= 15 is 0 Å². The van der Waals surface area contributed by atoms with Crippen molar-refractivity contribution >= 4 is 39.2 Å². The molecule has 0 aromatic carbocycles. The molecule has 0 spiro atoms. The molecule has 168 valence electrons. The third-order valence-corrected chi connectivity index (χ3v) is 7.58. The molecule has 4 aromatic heterocycles. The molecule has 33 heavy (non-hydrogen) atoms. The second-order valence-corrected chi connectivity index (χ2v) is 9.69. The lowest BCUT2D eigenvalue weighted by Crippen LogP contribution is -2.15. The number of anilines is 1. The molecule has 0 fully saturated rings. The van der Waals surface area contributed by atoms with Crippen molar-refractivity contribution in [1.82, 2.24) is 14.6 Å². The maximum atomic E-state index is 13.7. The third-order valence-electron chi connectivity index (χ3n) is 5.48. The lowest BCUT2D eigenvalue weighted by molar-refractivity contribution is -0.142. The number of halogens is 3. The van der Waals surface area contributed by atoms with Crippen molar-refractivity contribution in [3.05, 3.63) is 57.0 Å². The number of fused-ring (bicyclic) bond motifs is 2. The number of thiophene rings is 2. The Morgan fingerprint density at radius 1 is 1.21 bits per heavy atom. The molecule has 1 aliphatic rings. The van der Waals surface area contributed by atoms with Gasteiger partial charge in [-0.3, -0.25) is 4.79 Å². The fourth-order valence-corrected chi connectivity index (χ4v) is 5.88. The van der Waals surface area contributed by atoms with Gasteiger partial charge in [-0.05, 0) is 48.8 Å². The Morgan fingerprint density at radius 3 is 2.76 bits per heavy atom. The van der Waals surface area contributed by atoms with Crippen LogP contribution >= 0.6 is 22.7 Å². The molecule has 1 amide bonds. The first kappa shape index (κ1) is 21.6. The minimum atomic E-state index is -4.69. The second-order valence-electron chi connectivity index (χ2n) is 7.64. The molecule has 0 bridgehead atoms. The van der Waals surface area contributed by atoms with E-state index in [1.807, 2.05) is 0 Å². The van der Waals surface area contributed by atoms with Gasteiger partial charge in [0.2, 0.25) is 0 Å². The molecule has 1 aliphatic carbocycles. The molecule has 0 saturated heterocycles. The Kier molecular flexibility index (Phi) is 5.42. The van der Waals surface area contributed by atoms with Gasteiger partial charge < -0.3 is 5.32 Å². The zero-order valence-electron chi connectivity index (χ0n) is 17.1. The molecule has 0 radical (unpaired) electrons. The molecule has 0 atom stereocenters. The summed E-state index contributed by atoms with van der Waals surface area (Å²) in [7, 11) is 0.